The smallest absolute Gasteiger partial charge is 0.216 e. The van der Waals surface area contributed by atoms with Gasteiger partial charge in [-0.2, -0.15) is 0 Å². The van der Waals surface area contributed by atoms with Gasteiger partial charge >= 0.3 is 0 Å². The molecule has 1 amide bonds. The Balaban J connectivity index is 2.28. The van der Waals surface area contributed by atoms with Crippen molar-refractivity contribution in [1.29, 1.82) is 0 Å². The molecule has 3 N–H and O–H groups in total. The Bertz CT molecular complexity index is 564. The van der Waals surface area contributed by atoms with Gasteiger partial charge in [-0.15, -0.1) is 0 Å². The Morgan fingerprint density at radius 3 is 3.06 bits per heavy atom. The van der Waals surface area contributed by atoms with Crippen molar-refractivity contribution in [3.05, 3.63) is 23.2 Å². The second-order valence-corrected chi connectivity index (χ2v) is 4.17. The van der Waals surface area contributed by atoms with Crippen molar-refractivity contribution in [3.8, 4) is 0 Å². The van der Waals surface area contributed by atoms with Crippen LogP contribution >= 0.6 is 11.6 Å². The molecule has 2 aromatic rings. The number of aromatic nitrogens is 2. The molecule has 0 saturated carbocycles. The molecule has 6 heteroatoms. The number of nitrogens with one attached hydrogen (secondary N) is 1. The summed E-state index contributed by atoms with van der Waals surface area (Å²) < 4.78 is 1.83. The number of hydrogen-bond donors (Lipinski definition) is 2. The maximum Gasteiger partial charge on any atom is 0.216 e. The molecule has 0 saturated heterocycles. The number of fused-ring (bicyclic) bond motifs is 1. The van der Waals surface area contributed by atoms with E-state index >= 15 is 0 Å². The van der Waals surface area contributed by atoms with Gasteiger partial charge in [-0.05, 0) is 18.2 Å². The first kappa shape index (κ1) is 11.7. The zero-order chi connectivity index (χ0) is 12.4. The molecule has 0 fully saturated rings. The van der Waals surface area contributed by atoms with Gasteiger partial charge in [-0.25, -0.2) is 4.98 Å². The summed E-state index contributed by atoms with van der Waals surface area (Å²) in [4.78, 5) is 15.0. The van der Waals surface area contributed by atoms with E-state index in [0.717, 1.165) is 11.0 Å². The van der Waals surface area contributed by atoms with Gasteiger partial charge in [0, 0.05) is 25.0 Å². The van der Waals surface area contributed by atoms with Gasteiger partial charge in [0.2, 0.25) is 11.9 Å². The number of halogens is 1. The number of amides is 1. The fourth-order valence-electron chi connectivity index (χ4n) is 1.69. The molecule has 1 aromatic heterocycles. The first-order chi connectivity index (χ1) is 8.08. The lowest BCUT2D eigenvalue weighted by Gasteiger charge is -2.06. The number of nitrogens with zero attached hydrogens (tertiary/aromatic N) is 2. The van der Waals surface area contributed by atoms with E-state index in [1.54, 1.807) is 6.07 Å². The van der Waals surface area contributed by atoms with Crippen LogP contribution in [0.5, 0.6) is 0 Å². The number of imidazole rings is 1. The third kappa shape index (κ3) is 2.50. The zero-order valence-electron chi connectivity index (χ0n) is 9.40. The quantitative estimate of drug-likeness (QED) is 0.868. The second kappa shape index (κ2) is 4.63. The van der Waals surface area contributed by atoms with Crippen LogP contribution in [0.25, 0.3) is 11.0 Å². The number of anilines is 1. The number of carbonyl (C=O) groups excluding carboxylic acids is 1. The summed E-state index contributed by atoms with van der Waals surface area (Å²) >= 11 is 5.93. The first-order valence-electron chi connectivity index (χ1n) is 5.23. The highest BCUT2D eigenvalue weighted by Gasteiger charge is 2.08. The standard InChI is InChI=1S/C11H13ClN4O/c1-7(17)14-4-5-16-10-6-8(12)2-3-9(10)15-11(16)13/h2-3,6H,4-5H2,1H3,(H2,13,15)(H,14,17). The predicted octanol–water partition coefficient (Wildman–Crippen LogP) is 1.41. The SMILES string of the molecule is CC(=O)NCCn1c(N)nc2ccc(Cl)cc21. The molecular weight excluding hydrogens is 240 g/mol. The average molecular weight is 253 g/mol. The maximum absolute atomic E-state index is 10.8. The maximum atomic E-state index is 10.8. The lowest BCUT2D eigenvalue weighted by Crippen LogP contribution is -2.24. The summed E-state index contributed by atoms with van der Waals surface area (Å²) in [5.41, 5.74) is 7.49. The molecule has 0 radical (unpaired) electrons. The highest BCUT2D eigenvalue weighted by atomic mass is 35.5. The van der Waals surface area contributed by atoms with E-state index in [4.69, 9.17) is 17.3 Å². The van der Waals surface area contributed by atoms with Crippen molar-refractivity contribution in [2.45, 2.75) is 13.5 Å². The van der Waals surface area contributed by atoms with E-state index in [1.807, 2.05) is 16.7 Å². The minimum absolute atomic E-state index is 0.0639. The van der Waals surface area contributed by atoms with Crippen molar-refractivity contribution >= 4 is 34.5 Å². The monoisotopic (exact) mass is 252 g/mol. The van der Waals surface area contributed by atoms with Gasteiger partial charge in [0.05, 0.1) is 11.0 Å². The van der Waals surface area contributed by atoms with Gasteiger partial charge in [0.25, 0.3) is 0 Å². The summed E-state index contributed by atoms with van der Waals surface area (Å²) in [6.07, 6.45) is 0. The summed E-state index contributed by atoms with van der Waals surface area (Å²) in [5, 5.41) is 3.35. The van der Waals surface area contributed by atoms with Crippen LogP contribution in [-0.4, -0.2) is 22.0 Å². The molecule has 1 heterocycles. The van der Waals surface area contributed by atoms with Gasteiger partial charge in [0.1, 0.15) is 0 Å². The van der Waals surface area contributed by atoms with Crippen LogP contribution in [0.4, 0.5) is 5.95 Å². The number of nitrogens with two attached hydrogens (primary N) is 1. The molecule has 0 aliphatic carbocycles. The van der Waals surface area contributed by atoms with Crippen molar-refractivity contribution in [2.75, 3.05) is 12.3 Å². The minimum Gasteiger partial charge on any atom is -0.369 e. The molecule has 90 valence electrons. The molecule has 0 spiro atoms. The topological polar surface area (TPSA) is 72.9 Å². The molecule has 0 aliphatic heterocycles. The van der Waals surface area contributed by atoms with Crippen molar-refractivity contribution < 1.29 is 4.79 Å². The molecule has 0 unspecified atom stereocenters. The van der Waals surface area contributed by atoms with E-state index in [0.29, 0.717) is 24.1 Å². The summed E-state index contributed by atoms with van der Waals surface area (Å²) in [6, 6.07) is 5.41. The second-order valence-electron chi connectivity index (χ2n) is 3.74. The number of nitrogen functional groups attached to an aromatic ring is 1. The number of hydrogen-bond acceptors (Lipinski definition) is 3. The van der Waals surface area contributed by atoms with Crippen molar-refractivity contribution in [2.24, 2.45) is 0 Å². The van der Waals surface area contributed by atoms with Crippen LogP contribution in [-0.2, 0) is 11.3 Å². The molecule has 0 aliphatic rings. The van der Waals surface area contributed by atoms with Crippen molar-refractivity contribution in [1.82, 2.24) is 14.9 Å². The number of carbonyl (C=O) groups is 1. The van der Waals surface area contributed by atoms with Crippen LogP contribution in [0.2, 0.25) is 5.02 Å². The van der Waals surface area contributed by atoms with E-state index < -0.39 is 0 Å². The van der Waals surface area contributed by atoms with Crippen LogP contribution in [0, 0.1) is 0 Å². The largest absolute Gasteiger partial charge is 0.369 e. The molecule has 5 nitrogen and oxygen atoms in total. The lowest BCUT2D eigenvalue weighted by atomic mass is 10.3. The number of benzene rings is 1. The molecular formula is C11H13ClN4O. The average Bonchev–Trinajstić information content (AvgIpc) is 2.55. The zero-order valence-corrected chi connectivity index (χ0v) is 10.2. The Hall–Kier alpha value is -1.75. The minimum atomic E-state index is -0.0639. The summed E-state index contributed by atoms with van der Waals surface area (Å²) in [5.74, 6) is 0.360. The van der Waals surface area contributed by atoms with E-state index in [-0.39, 0.29) is 5.91 Å². The van der Waals surface area contributed by atoms with Gasteiger partial charge in [0.15, 0.2) is 0 Å². The Kier molecular flexibility index (Phi) is 3.19. The third-order valence-electron chi connectivity index (χ3n) is 2.45. The molecule has 2 rings (SSSR count). The molecule has 1 aromatic carbocycles. The first-order valence-corrected chi connectivity index (χ1v) is 5.61. The van der Waals surface area contributed by atoms with Crippen LogP contribution in [0.1, 0.15) is 6.92 Å². The van der Waals surface area contributed by atoms with Gasteiger partial charge < -0.3 is 15.6 Å². The molecule has 0 atom stereocenters. The van der Waals surface area contributed by atoms with E-state index in [9.17, 15) is 4.79 Å². The number of rotatable bonds is 3. The summed E-state index contributed by atoms with van der Waals surface area (Å²) in [7, 11) is 0. The fraction of sp³-hybridized carbons (Fsp3) is 0.273. The van der Waals surface area contributed by atoms with E-state index in [1.165, 1.54) is 6.92 Å². The highest BCUT2D eigenvalue weighted by molar-refractivity contribution is 6.31. The molecule has 17 heavy (non-hydrogen) atoms. The highest BCUT2D eigenvalue weighted by Crippen LogP contribution is 2.21. The Morgan fingerprint density at radius 2 is 2.35 bits per heavy atom. The van der Waals surface area contributed by atoms with Gasteiger partial charge in [-0.1, -0.05) is 11.6 Å². The fourth-order valence-corrected chi connectivity index (χ4v) is 1.86. The van der Waals surface area contributed by atoms with E-state index in [2.05, 4.69) is 10.3 Å². The Labute approximate surface area is 104 Å². The third-order valence-corrected chi connectivity index (χ3v) is 2.68. The Morgan fingerprint density at radius 1 is 1.59 bits per heavy atom. The van der Waals surface area contributed by atoms with Crippen LogP contribution in [0.3, 0.4) is 0 Å². The van der Waals surface area contributed by atoms with Gasteiger partial charge in [-0.3, -0.25) is 4.79 Å². The summed E-state index contributed by atoms with van der Waals surface area (Å²) in [6.45, 7) is 2.56. The van der Waals surface area contributed by atoms with Crippen LogP contribution in [0.15, 0.2) is 18.2 Å². The van der Waals surface area contributed by atoms with Crippen molar-refractivity contribution in [3.63, 3.8) is 0 Å². The predicted molar refractivity (Wildman–Crippen MR) is 67.8 cm³/mol. The lowest BCUT2D eigenvalue weighted by molar-refractivity contribution is -0.118. The van der Waals surface area contributed by atoms with Crippen LogP contribution < -0.4 is 11.1 Å². The normalized spacial score (nSPS) is 10.7. The molecule has 0 bridgehead atoms.